The van der Waals surface area contributed by atoms with Crippen molar-refractivity contribution in [3.63, 3.8) is 0 Å². The Morgan fingerprint density at radius 2 is 2.00 bits per heavy atom. The molecule has 1 N–H and O–H groups in total. The van der Waals surface area contributed by atoms with Crippen molar-refractivity contribution in [3.05, 3.63) is 0 Å². The van der Waals surface area contributed by atoms with Gasteiger partial charge < -0.3 is 10.1 Å². The average Bonchev–Trinajstić information content (AvgIpc) is 2.29. The zero-order valence-electron chi connectivity index (χ0n) is 10.4. The molecule has 15 heavy (non-hydrogen) atoms. The highest BCUT2D eigenvalue weighted by Gasteiger charge is 2.23. The quantitative estimate of drug-likeness (QED) is 0.656. The summed E-state index contributed by atoms with van der Waals surface area (Å²) in [6, 6.07) is 0. The van der Waals surface area contributed by atoms with E-state index in [1.165, 1.54) is 44.9 Å². The smallest absolute Gasteiger partial charge is 0.0603 e. The standard InChI is InChI=1S/C13H27NO/c1-3-12-8-4-5-9-13(12)15-11-7-6-10-14-2/h12-14H,3-11H2,1-2H3. The van der Waals surface area contributed by atoms with Gasteiger partial charge in [0.2, 0.25) is 0 Å². The van der Waals surface area contributed by atoms with Crippen LogP contribution in [0.4, 0.5) is 0 Å². The summed E-state index contributed by atoms with van der Waals surface area (Å²) in [5, 5.41) is 3.17. The summed E-state index contributed by atoms with van der Waals surface area (Å²) in [6.45, 7) is 4.38. The number of nitrogens with one attached hydrogen (secondary N) is 1. The Hall–Kier alpha value is -0.0800. The maximum Gasteiger partial charge on any atom is 0.0603 e. The second-order valence-corrected chi connectivity index (χ2v) is 4.67. The van der Waals surface area contributed by atoms with Gasteiger partial charge in [0.05, 0.1) is 6.10 Å². The van der Waals surface area contributed by atoms with Crippen LogP contribution in [-0.2, 0) is 4.74 Å². The Bertz CT molecular complexity index is 149. The molecule has 0 saturated heterocycles. The van der Waals surface area contributed by atoms with Gasteiger partial charge >= 0.3 is 0 Å². The van der Waals surface area contributed by atoms with Gasteiger partial charge in [-0.1, -0.05) is 26.2 Å². The lowest BCUT2D eigenvalue weighted by molar-refractivity contribution is -0.0133. The first kappa shape index (κ1) is 13.0. The highest BCUT2D eigenvalue weighted by molar-refractivity contribution is 4.74. The van der Waals surface area contributed by atoms with E-state index in [9.17, 15) is 0 Å². The molecule has 1 fully saturated rings. The van der Waals surface area contributed by atoms with Crippen molar-refractivity contribution < 1.29 is 4.74 Å². The molecule has 90 valence electrons. The van der Waals surface area contributed by atoms with E-state index in [4.69, 9.17) is 4.74 Å². The third-order valence-electron chi connectivity index (χ3n) is 3.52. The number of rotatable bonds is 7. The normalized spacial score (nSPS) is 26.8. The Balaban J connectivity index is 2.07. The van der Waals surface area contributed by atoms with Gasteiger partial charge in [-0.25, -0.2) is 0 Å². The third kappa shape index (κ3) is 4.98. The van der Waals surface area contributed by atoms with Crippen LogP contribution in [0, 0.1) is 5.92 Å². The van der Waals surface area contributed by atoms with E-state index in [1.807, 2.05) is 7.05 Å². The summed E-state index contributed by atoms with van der Waals surface area (Å²) in [5.41, 5.74) is 0. The maximum absolute atomic E-state index is 6.01. The van der Waals surface area contributed by atoms with Crippen LogP contribution < -0.4 is 5.32 Å². The van der Waals surface area contributed by atoms with E-state index in [2.05, 4.69) is 12.2 Å². The summed E-state index contributed by atoms with van der Waals surface area (Å²) in [4.78, 5) is 0. The lowest BCUT2D eigenvalue weighted by Crippen LogP contribution is -2.27. The molecule has 2 unspecified atom stereocenters. The van der Waals surface area contributed by atoms with Gasteiger partial charge in [0.25, 0.3) is 0 Å². The molecule has 0 aromatic rings. The van der Waals surface area contributed by atoms with Gasteiger partial charge in [-0.2, -0.15) is 0 Å². The minimum atomic E-state index is 0.568. The van der Waals surface area contributed by atoms with Gasteiger partial charge in [-0.3, -0.25) is 0 Å². The molecule has 0 aliphatic heterocycles. The van der Waals surface area contributed by atoms with Gasteiger partial charge in [-0.15, -0.1) is 0 Å². The highest BCUT2D eigenvalue weighted by Crippen LogP contribution is 2.29. The first-order valence-electron chi connectivity index (χ1n) is 6.64. The largest absolute Gasteiger partial charge is 0.378 e. The van der Waals surface area contributed by atoms with Crippen molar-refractivity contribution >= 4 is 0 Å². The molecule has 0 radical (unpaired) electrons. The minimum Gasteiger partial charge on any atom is -0.378 e. The minimum absolute atomic E-state index is 0.568. The zero-order valence-corrected chi connectivity index (χ0v) is 10.4. The molecule has 0 aromatic carbocycles. The van der Waals surface area contributed by atoms with Crippen LogP contribution in [0.15, 0.2) is 0 Å². The summed E-state index contributed by atoms with van der Waals surface area (Å²) < 4.78 is 6.01. The van der Waals surface area contributed by atoms with Crippen molar-refractivity contribution in [3.8, 4) is 0 Å². The molecule has 0 heterocycles. The molecule has 1 rings (SSSR count). The predicted octanol–water partition coefficient (Wildman–Crippen LogP) is 2.97. The summed E-state index contributed by atoms with van der Waals surface area (Å²) in [7, 11) is 2.01. The van der Waals surface area contributed by atoms with E-state index >= 15 is 0 Å². The van der Waals surface area contributed by atoms with Gasteiger partial charge in [0.1, 0.15) is 0 Å². The van der Waals surface area contributed by atoms with Crippen molar-refractivity contribution in [2.45, 2.75) is 58.0 Å². The molecular weight excluding hydrogens is 186 g/mol. The predicted molar refractivity (Wildman–Crippen MR) is 65.1 cm³/mol. The molecule has 1 aliphatic carbocycles. The van der Waals surface area contributed by atoms with E-state index < -0.39 is 0 Å². The lowest BCUT2D eigenvalue weighted by Gasteiger charge is -2.30. The van der Waals surface area contributed by atoms with Crippen molar-refractivity contribution in [1.29, 1.82) is 0 Å². The average molecular weight is 213 g/mol. The number of hydrogen-bond donors (Lipinski definition) is 1. The van der Waals surface area contributed by atoms with Crippen LogP contribution in [-0.4, -0.2) is 26.3 Å². The fourth-order valence-corrected chi connectivity index (χ4v) is 2.50. The third-order valence-corrected chi connectivity index (χ3v) is 3.52. The zero-order chi connectivity index (χ0) is 10.9. The fourth-order valence-electron chi connectivity index (χ4n) is 2.50. The molecule has 0 bridgehead atoms. The van der Waals surface area contributed by atoms with Gasteiger partial charge in [0.15, 0.2) is 0 Å². The summed E-state index contributed by atoms with van der Waals surface area (Å²) in [6.07, 6.45) is 9.77. The van der Waals surface area contributed by atoms with Gasteiger partial charge in [0, 0.05) is 6.61 Å². The molecule has 0 aromatic heterocycles. The summed E-state index contributed by atoms with van der Waals surface area (Å²) >= 11 is 0. The van der Waals surface area contributed by atoms with Crippen LogP contribution in [0.25, 0.3) is 0 Å². The second kappa shape index (κ2) is 8.12. The molecule has 2 nitrogen and oxygen atoms in total. The molecular formula is C13H27NO. The van der Waals surface area contributed by atoms with Crippen LogP contribution >= 0.6 is 0 Å². The van der Waals surface area contributed by atoms with E-state index in [0.29, 0.717) is 6.10 Å². The number of hydrogen-bond acceptors (Lipinski definition) is 2. The molecule has 0 spiro atoms. The first-order valence-corrected chi connectivity index (χ1v) is 6.64. The number of unbranched alkanes of at least 4 members (excludes halogenated alkanes) is 1. The number of ether oxygens (including phenoxy) is 1. The van der Waals surface area contributed by atoms with Crippen molar-refractivity contribution in [2.75, 3.05) is 20.2 Å². The van der Waals surface area contributed by atoms with Crippen LogP contribution in [0.1, 0.15) is 51.9 Å². The Morgan fingerprint density at radius 1 is 1.20 bits per heavy atom. The highest BCUT2D eigenvalue weighted by atomic mass is 16.5. The maximum atomic E-state index is 6.01. The molecule has 0 amide bonds. The Morgan fingerprint density at radius 3 is 2.73 bits per heavy atom. The van der Waals surface area contributed by atoms with Crippen LogP contribution in [0.2, 0.25) is 0 Å². The molecule has 1 aliphatic rings. The molecule has 2 atom stereocenters. The van der Waals surface area contributed by atoms with E-state index in [-0.39, 0.29) is 0 Å². The Kier molecular flexibility index (Phi) is 7.03. The van der Waals surface area contributed by atoms with E-state index in [0.717, 1.165) is 19.1 Å². The SMILES string of the molecule is CCC1CCCCC1OCCCCNC. The molecule has 1 saturated carbocycles. The lowest BCUT2D eigenvalue weighted by atomic mass is 9.85. The second-order valence-electron chi connectivity index (χ2n) is 4.67. The first-order chi connectivity index (χ1) is 7.38. The van der Waals surface area contributed by atoms with Gasteiger partial charge in [-0.05, 0) is 45.2 Å². The van der Waals surface area contributed by atoms with Crippen LogP contribution in [0.5, 0.6) is 0 Å². The van der Waals surface area contributed by atoms with Crippen LogP contribution in [0.3, 0.4) is 0 Å². The van der Waals surface area contributed by atoms with Crippen molar-refractivity contribution in [2.24, 2.45) is 5.92 Å². The topological polar surface area (TPSA) is 21.3 Å². The molecule has 2 heteroatoms. The summed E-state index contributed by atoms with van der Waals surface area (Å²) in [5.74, 6) is 0.836. The van der Waals surface area contributed by atoms with Crippen molar-refractivity contribution in [1.82, 2.24) is 5.32 Å². The fraction of sp³-hybridized carbons (Fsp3) is 1.00. The van der Waals surface area contributed by atoms with E-state index in [1.54, 1.807) is 0 Å². The Labute approximate surface area is 94.8 Å². The monoisotopic (exact) mass is 213 g/mol.